The van der Waals surface area contributed by atoms with Crippen molar-refractivity contribution >= 4 is 11.9 Å². The first-order valence-corrected chi connectivity index (χ1v) is 11.0. The highest BCUT2D eigenvalue weighted by Crippen LogP contribution is 2.21. The summed E-state index contributed by atoms with van der Waals surface area (Å²) in [5.41, 5.74) is 4.89. The molecule has 0 fully saturated rings. The van der Waals surface area contributed by atoms with Gasteiger partial charge in [-0.25, -0.2) is 4.68 Å². The van der Waals surface area contributed by atoms with Crippen molar-refractivity contribution < 1.29 is 14.3 Å². The molecule has 1 heterocycles. The van der Waals surface area contributed by atoms with Gasteiger partial charge in [-0.05, 0) is 57.4 Å². The first kappa shape index (κ1) is 23.3. The van der Waals surface area contributed by atoms with Gasteiger partial charge < -0.3 is 10.1 Å². The van der Waals surface area contributed by atoms with Crippen LogP contribution in [0.3, 0.4) is 0 Å². The fourth-order valence-corrected chi connectivity index (χ4v) is 3.78. The third kappa shape index (κ3) is 6.06. The van der Waals surface area contributed by atoms with Crippen LogP contribution in [-0.4, -0.2) is 27.8 Å². The van der Waals surface area contributed by atoms with Gasteiger partial charge in [-0.1, -0.05) is 48.5 Å². The molecular formula is C26H31N3O3. The minimum atomic E-state index is -0.427. The lowest BCUT2D eigenvalue weighted by Gasteiger charge is -2.19. The van der Waals surface area contributed by atoms with Gasteiger partial charge in [0, 0.05) is 12.1 Å². The van der Waals surface area contributed by atoms with E-state index in [-0.39, 0.29) is 24.4 Å². The molecule has 0 saturated carbocycles. The van der Waals surface area contributed by atoms with E-state index in [1.54, 1.807) is 0 Å². The molecule has 3 rings (SSSR count). The predicted octanol–water partition coefficient (Wildman–Crippen LogP) is 4.62. The van der Waals surface area contributed by atoms with Crippen molar-refractivity contribution in [2.24, 2.45) is 0 Å². The summed E-state index contributed by atoms with van der Waals surface area (Å²) in [6, 6.07) is 19.0. The third-order valence-electron chi connectivity index (χ3n) is 5.32. The number of hydrogen-bond donors (Lipinski definition) is 1. The summed E-state index contributed by atoms with van der Waals surface area (Å²) < 4.78 is 7.20. The van der Waals surface area contributed by atoms with Crippen molar-refractivity contribution in [3.8, 4) is 5.69 Å². The number of para-hydroxylation sites is 1. The Balaban J connectivity index is 1.68. The monoisotopic (exact) mass is 433 g/mol. The Morgan fingerprint density at radius 1 is 1.00 bits per heavy atom. The van der Waals surface area contributed by atoms with Crippen molar-refractivity contribution in [3.05, 3.63) is 83.2 Å². The summed E-state index contributed by atoms with van der Waals surface area (Å²) in [6.45, 7) is 7.62. The van der Waals surface area contributed by atoms with Gasteiger partial charge in [-0.3, -0.25) is 9.59 Å². The van der Waals surface area contributed by atoms with E-state index in [0.29, 0.717) is 12.8 Å². The molecule has 0 aliphatic carbocycles. The Morgan fingerprint density at radius 2 is 1.62 bits per heavy atom. The second kappa shape index (κ2) is 10.8. The molecule has 0 aliphatic heterocycles. The van der Waals surface area contributed by atoms with Crippen molar-refractivity contribution in [1.82, 2.24) is 15.1 Å². The molecule has 0 spiro atoms. The molecule has 6 heteroatoms. The zero-order chi connectivity index (χ0) is 23.1. The number of hydrogen-bond acceptors (Lipinski definition) is 4. The van der Waals surface area contributed by atoms with E-state index in [0.717, 1.165) is 28.2 Å². The molecule has 1 N–H and O–H groups in total. The number of nitrogens with zero attached hydrogens (tertiary/aromatic N) is 2. The summed E-state index contributed by atoms with van der Waals surface area (Å²) in [6.07, 6.45) is 0.790. The Labute approximate surface area is 189 Å². The minimum Gasteiger partial charge on any atom is -0.463 e. The van der Waals surface area contributed by atoms with Crippen LogP contribution in [0.15, 0.2) is 60.7 Å². The van der Waals surface area contributed by atoms with Crippen LogP contribution in [0.4, 0.5) is 0 Å². The van der Waals surface area contributed by atoms with Crippen LogP contribution in [0, 0.1) is 13.8 Å². The van der Waals surface area contributed by atoms with E-state index in [2.05, 4.69) is 10.4 Å². The Morgan fingerprint density at radius 3 is 2.25 bits per heavy atom. The van der Waals surface area contributed by atoms with Gasteiger partial charge in [0.1, 0.15) is 0 Å². The van der Waals surface area contributed by atoms with Crippen LogP contribution < -0.4 is 5.32 Å². The third-order valence-corrected chi connectivity index (χ3v) is 5.32. The fraction of sp³-hybridized carbons (Fsp3) is 0.346. The number of nitrogens with one attached hydrogen (secondary N) is 1. The van der Waals surface area contributed by atoms with E-state index in [4.69, 9.17) is 4.74 Å². The largest absolute Gasteiger partial charge is 0.463 e. The van der Waals surface area contributed by atoms with Crippen LogP contribution in [0.25, 0.3) is 5.69 Å². The van der Waals surface area contributed by atoms with E-state index in [1.807, 2.05) is 93.0 Å². The maximum Gasteiger partial charge on any atom is 0.308 e. The molecule has 168 valence electrons. The maximum atomic E-state index is 12.8. The summed E-state index contributed by atoms with van der Waals surface area (Å²) in [5, 5.41) is 7.68. The van der Waals surface area contributed by atoms with E-state index in [9.17, 15) is 9.59 Å². The number of aromatic nitrogens is 2. The highest BCUT2D eigenvalue weighted by molar-refractivity contribution is 5.78. The standard InChI is InChI=1S/C26H31N3O3/c1-18(2)32-26(31)17-24(21-11-7-5-8-12-21)27-25(30)16-15-23-19(3)28-29(20(23)4)22-13-9-6-10-14-22/h5-14,18,24H,15-17H2,1-4H3,(H,27,30). The smallest absolute Gasteiger partial charge is 0.308 e. The molecule has 2 aromatic carbocycles. The number of carbonyl (C=O) groups excluding carboxylic acids is 2. The normalized spacial score (nSPS) is 11.9. The van der Waals surface area contributed by atoms with Crippen LogP contribution in [0.2, 0.25) is 0 Å². The zero-order valence-electron chi connectivity index (χ0n) is 19.2. The van der Waals surface area contributed by atoms with Crippen molar-refractivity contribution in [2.75, 3.05) is 0 Å². The van der Waals surface area contributed by atoms with Crippen LogP contribution in [0.5, 0.6) is 0 Å². The molecule has 1 amide bonds. The van der Waals surface area contributed by atoms with Gasteiger partial charge in [0.2, 0.25) is 5.91 Å². The van der Waals surface area contributed by atoms with E-state index in [1.165, 1.54) is 0 Å². The van der Waals surface area contributed by atoms with Crippen LogP contribution >= 0.6 is 0 Å². The van der Waals surface area contributed by atoms with Gasteiger partial charge in [0.15, 0.2) is 0 Å². The molecule has 6 nitrogen and oxygen atoms in total. The lowest BCUT2D eigenvalue weighted by molar-refractivity contribution is -0.148. The highest BCUT2D eigenvalue weighted by atomic mass is 16.5. The molecule has 3 aromatic rings. The molecule has 0 radical (unpaired) electrons. The fourth-order valence-electron chi connectivity index (χ4n) is 3.78. The number of rotatable bonds is 9. The molecule has 0 bridgehead atoms. The topological polar surface area (TPSA) is 73.2 Å². The average Bonchev–Trinajstić information content (AvgIpc) is 3.06. The molecule has 32 heavy (non-hydrogen) atoms. The van der Waals surface area contributed by atoms with Crippen molar-refractivity contribution in [1.29, 1.82) is 0 Å². The maximum absolute atomic E-state index is 12.8. The number of esters is 1. The lowest BCUT2D eigenvalue weighted by Crippen LogP contribution is -2.31. The van der Waals surface area contributed by atoms with Crippen molar-refractivity contribution in [3.63, 3.8) is 0 Å². The summed E-state index contributed by atoms with van der Waals surface area (Å²) >= 11 is 0. The number of ether oxygens (including phenoxy) is 1. The number of amides is 1. The Kier molecular flexibility index (Phi) is 7.82. The van der Waals surface area contributed by atoms with Gasteiger partial charge in [-0.2, -0.15) is 5.10 Å². The summed E-state index contributed by atoms with van der Waals surface area (Å²) in [5.74, 6) is -0.438. The minimum absolute atomic E-state index is 0.0952. The van der Waals surface area contributed by atoms with Gasteiger partial charge in [0.05, 0.1) is 29.9 Å². The highest BCUT2D eigenvalue weighted by Gasteiger charge is 2.21. The van der Waals surface area contributed by atoms with Gasteiger partial charge >= 0.3 is 5.97 Å². The first-order valence-electron chi connectivity index (χ1n) is 11.0. The van der Waals surface area contributed by atoms with E-state index >= 15 is 0 Å². The number of aryl methyl sites for hydroxylation is 1. The van der Waals surface area contributed by atoms with Gasteiger partial charge in [0.25, 0.3) is 0 Å². The zero-order valence-corrected chi connectivity index (χ0v) is 19.2. The predicted molar refractivity (Wildman–Crippen MR) is 125 cm³/mol. The summed E-state index contributed by atoms with van der Waals surface area (Å²) in [7, 11) is 0. The molecular weight excluding hydrogens is 402 g/mol. The quantitative estimate of drug-likeness (QED) is 0.500. The first-order chi connectivity index (χ1) is 15.3. The second-order valence-electron chi connectivity index (χ2n) is 8.17. The van der Waals surface area contributed by atoms with Crippen LogP contribution in [0.1, 0.15) is 55.2 Å². The number of carbonyl (C=O) groups is 2. The van der Waals surface area contributed by atoms with Crippen LogP contribution in [-0.2, 0) is 20.7 Å². The van der Waals surface area contributed by atoms with Crippen molar-refractivity contribution in [2.45, 2.75) is 59.1 Å². The SMILES string of the molecule is Cc1nn(-c2ccccc2)c(C)c1CCC(=O)NC(CC(=O)OC(C)C)c1ccccc1. The Bertz CT molecular complexity index is 1040. The van der Waals surface area contributed by atoms with Gasteiger partial charge in [-0.15, -0.1) is 0 Å². The molecule has 1 aromatic heterocycles. The molecule has 0 saturated heterocycles. The second-order valence-corrected chi connectivity index (χ2v) is 8.17. The molecule has 0 aliphatic rings. The average molecular weight is 434 g/mol. The lowest BCUT2D eigenvalue weighted by atomic mass is 10.0. The molecule has 1 atom stereocenters. The molecule has 1 unspecified atom stereocenters. The van der Waals surface area contributed by atoms with E-state index < -0.39 is 6.04 Å². The number of benzene rings is 2. The summed E-state index contributed by atoms with van der Waals surface area (Å²) in [4.78, 5) is 25.1. The Hall–Kier alpha value is -3.41.